The van der Waals surface area contributed by atoms with Gasteiger partial charge in [-0.15, -0.1) is 18.2 Å². The first-order valence-corrected chi connectivity index (χ1v) is 14.3. The Kier molecular flexibility index (Phi) is 7.91. The predicted molar refractivity (Wildman–Crippen MR) is 176 cm³/mol. The Bertz CT molecular complexity index is 2380. The molecular weight excluding hydrogens is 745 g/mol. The summed E-state index contributed by atoms with van der Waals surface area (Å²) < 4.78 is 30.7. The van der Waals surface area contributed by atoms with Gasteiger partial charge in [0.15, 0.2) is 0 Å². The quantitative estimate of drug-likeness (QED) is 0.133. The number of imidazole rings is 1. The first-order valence-electron chi connectivity index (χ1n) is 15.8. The van der Waals surface area contributed by atoms with Crippen molar-refractivity contribution < 1.29 is 33.2 Å². The van der Waals surface area contributed by atoms with Crippen molar-refractivity contribution in [2.75, 3.05) is 0 Å². The molecule has 6 heteroatoms. The van der Waals surface area contributed by atoms with Gasteiger partial charge in [-0.05, 0) is 34.5 Å². The number of hydrogen-bond acceptors (Lipinski definition) is 3. The smallest absolute Gasteiger partial charge is 0.500 e. The van der Waals surface area contributed by atoms with E-state index in [9.17, 15) is 5.26 Å². The van der Waals surface area contributed by atoms with Crippen LogP contribution in [-0.4, -0.2) is 9.55 Å². The average Bonchev–Trinajstić information content (AvgIpc) is 3.79. The van der Waals surface area contributed by atoms with Crippen LogP contribution in [0.3, 0.4) is 0 Å². The second kappa shape index (κ2) is 13.6. The summed E-state index contributed by atoms with van der Waals surface area (Å²) in [5, 5.41) is 11.8. The van der Waals surface area contributed by atoms with E-state index in [0.717, 1.165) is 60.1 Å². The Morgan fingerprint density at radius 1 is 0.783 bits per heavy atom. The first-order chi connectivity index (χ1) is 23.4. The molecule has 0 spiro atoms. The van der Waals surface area contributed by atoms with Gasteiger partial charge >= 0.3 is 20.1 Å². The van der Waals surface area contributed by atoms with Crippen LogP contribution in [0.5, 0.6) is 0 Å². The maximum absolute atomic E-state index is 9.87. The van der Waals surface area contributed by atoms with E-state index in [0.29, 0.717) is 11.1 Å². The zero-order valence-electron chi connectivity index (χ0n) is 27.3. The Morgan fingerprint density at radius 3 is 2.26 bits per heavy atom. The third-order valence-electron chi connectivity index (χ3n) is 7.46. The number of aryl methyl sites for hydroxylation is 1. The van der Waals surface area contributed by atoms with E-state index in [-0.39, 0.29) is 20.1 Å². The number of furan rings is 1. The molecule has 5 aromatic carbocycles. The van der Waals surface area contributed by atoms with Gasteiger partial charge in [-0.25, -0.2) is 0 Å². The van der Waals surface area contributed by atoms with Gasteiger partial charge in [0.25, 0.3) is 0 Å². The summed E-state index contributed by atoms with van der Waals surface area (Å²) in [4.78, 5) is 4.48. The Balaban J connectivity index is 0.000000220. The van der Waals surface area contributed by atoms with Crippen LogP contribution < -0.4 is 4.57 Å². The van der Waals surface area contributed by atoms with E-state index in [4.69, 9.17) is 8.53 Å². The molecule has 46 heavy (non-hydrogen) atoms. The molecule has 0 aliphatic carbocycles. The Morgan fingerprint density at radius 2 is 1.54 bits per heavy atom. The first kappa shape index (κ1) is 26.8. The molecule has 8 aromatic rings. The van der Waals surface area contributed by atoms with Gasteiger partial charge in [0, 0.05) is 29.5 Å². The second-order valence-electron chi connectivity index (χ2n) is 10.2. The molecule has 8 rings (SSSR count). The molecule has 0 fully saturated rings. The van der Waals surface area contributed by atoms with Crippen molar-refractivity contribution in [2.24, 2.45) is 6.98 Å². The van der Waals surface area contributed by atoms with Crippen LogP contribution >= 0.6 is 0 Å². The number of nitriles is 1. The Hall–Kier alpha value is -5.60. The van der Waals surface area contributed by atoms with Crippen LogP contribution in [0.2, 0.25) is 0 Å². The van der Waals surface area contributed by atoms with Crippen LogP contribution in [0.4, 0.5) is 0 Å². The van der Waals surface area contributed by atoms with Gasteiger partial charge in [-0.2, -0.15) is 35.6 Å². The third-order valence-corrected chi connectivity index (χ3v) is 7.46. The predicted octanol–water partition coefficient (Wildman–Crippen LogP) is 8.55. The molecule has 0 radical (unpaired) electrons. The van der Waals surface area contributed by atoms with Crippen LogP contribution in [0.15, 0.2) is 144 Å². The third kappa shape index (κ3) is 6.03. The van der Waals surface area contributed by atoms with Crippen LogP contribution in [0, 0.1) is 29.8 Å². The Labute approximate surface area is 285 Å². The molecule has 0 N–H and O–H groups in total. The van der Waals surface area contributed by atoms with Gasteiger partial charge in [0.2, 0.25) is 6.33 Å². The summed E-state index contributed by atoms with van der Waals surface area (Å²) in [6.45, 7) is -2.18. The van der Waals surface area contributed by atoms with Crippen LogP contribution in [0.25, 0.3) is 61.1 Å². The minimum atomic E-state index is -2.18. The van der Waals surface area contributed by atoms with Crippen molar-refractivity contribution in [3.8, 4) is 45.3 Å². The summed E-state index contributed by atoms with van der Waals surface area (Å²) in [7, 11) is 0. The summed E-state index contributed by atoms with van der Waals surface area (Å²) in [6, 6.07) is 48.0. The van der Waals surface area contributed by atoms with Gasteiger partial charge < -0.3 is 18.5 Å². The zero-order chi connectivity index (χ0) is 33.1. The molecule has 0 bridgehead atoms. The van der Waals surface area contributed by atoms with Crippen molar-refractivity contribution in [2.45, 2.75) is 0 Å². The fourth-order valence-electron chi connectivity index (χ4n) is 5.33. The number of aromatic nitrogens is 3. The topological polar surface area (TPSA) is 58.6 Å². The molecule has 0 amide bonds. The molecule has 3 aromatic heterocycles. The molecular formula is C40H26IrN4O+. The molecule has 5 nitrogen and oxygen atoms in total. The SMILES string of the molecule is N#Cc1ccc2c(oc3c(-c4ccccn4)[c-]ccc32)c1-c1ccc(-c2ccccc2)cc1.[2H]C([2H])([2H])[n+]1[c-]n(-c2[c-]cccc2)cc1.[Ir+3]. The van der Waals surface area contributed by atoms with Crippen molar-refractivity contribution in [3.63, 3.8) is 0 Å². The largest absolute Gasteiger partial charge is 3.00 e. The summed E-state index contributed by atoms with van der Waals surface area (Å²) in [6.07, 6.45) is 7.57. The summed E-state index contributed by atoms with van der Waals surface area (Å²) in [5.74, 6) is 0. The van der Waals surface area contributed by atoms with E-state index >= 15 is 0 Å². The van der Waals surface area contributed by atoms with Gasteiger partial charge in [-0.1, -0.05) is 89.4 Å². The fourth-order valence-corrected chi connectivity index (χ4v) is 5.33. The number of hydrogen-bond donors (Lipinski definition) is 0. The molecule has 0 unspecified atom stereocenters. The number of benzene rings is 5. The number of rotatable bonds is 4. The average molecular weight is 774 g/mol. The fraction of sp³-hybridized carbons (Fsp3) is 0.0250. The van der Waals surface area contributed by atoms with Crippen LogP contribution in [0.1, 0.15) is 9.68 Å². The van der Waals surface area contributed by atoms with Gasteiger partial charge in [0.05, 0.1) is 28.3 Å². The minimum absolute atomic E-state index is 0. The minimum Gasteiger partial charge on any atom is -0.500 e. The van der Waals surface area contributed by atoms with Crippen LogP contribution in [-0.2, 0) is 27.1 Å². The molecule has 0 saturated carbocycles. The zero-order valence-corrected chi connectivity index (χ0v) is 26.7. The molecule has 220 valence electrons. The number of pyridine rings is 1. The molecule has 0 aliphatic heterocycles. The van der Waals surface area contributed by atoms with Crippen molar-refractivity contribution >= 4 is 21.9 Å². The van der Waals surface area contributed by atoms with Crippen molar-refractivity contribution in [1.82, 2.24) is 9.55 Å². The number of para-hydroxylation sites is 1. The normalized spacial score (nSPS) is 11.8. The standard InChI is InChI=1S/C30H17N2O.C10H9N2.Ir/c31-19-23-16-17-25-24-9-6-10-26(27-11-4-5-18-32-27)29(24)33-30(25)28(23)22-14-12-21(13-15-22)20-7-2-1-3-8-20;1-11-7-8-12(9-11)10-5-3-2-4-6-10;/h1-9,11-18H;2-5,7-8H,1H3;/q2*-1;+3/i;1D3;. The number of nitrogens with zero attached hydrogens (tertiary/aromatic N) is 4. The molecule has 0 saturated heterocycles. The van der Waals surface area contributed by atoms with E-state index in [1.54, 1.807) is 23.0 Å². The van der Waals surface area contributed by atoms with E-state index in [1.165, 1.54) is 6.20 Å². The maximum Gasteiger partial charge on any atom is 3.00 e. The van der Waals surface area contributed by atoms with E-state index in [2.05, 4.69) is 65.9 Å². The van der Waals surface area contributed by atoms with E-state index < -0.39 is 6.98 Å². The second-order valence-corrected chi connectivity index (χ2v) is 10.2. The van der Waals surface area contributed by atoms with Gasteiger partial charge in [0.1, 0.15) is 5.58 Å². The monoisotopic (exact) mass is 774 g/mol. The van der Waals surface area contributed by atoms with Gasteiger partial charge in [-0.3, -0.25) is 0 Å². The summed E-state index contributed by atoms with van der Waals surface area (Å²) in [5.41, 5.74) is 8.42. The van der Waals surface area contributed by atoms with Crippen molar-refractivity contribution in [3.05, 3.63) is 164 Å². The molecule has 0 atom stereocenters. The maximum atomic E-state index is 9.87. The van der Waals surface area contributed by atoms with E-state index in [1.807, 2.05) is 78.9 Å². The molecule has 3 heterocycles. The molecule has 0 aliphatic rings. The summed E-state index contributed by atoms with van der Waals surface area (Å²) >= 11 is 0. The van der Waals surface area contributed by atoms with Crippen molar-refractivity contribution in [1.29, 1.82) is 5.26 Å². The number of fused-ring (bicyclic) bond motifs is 3.